The number of rotatable bonds is 5. The quantitative estimate of drug-likeness (QED) is 0.851. The minimum atomic E-state index is 0.593. The van der Waals surface area contributed by atoms with Crippen LogP contribution in [0, 0.1) is 5.92 Å². The van der Waals surface area contributed by atoms with Gasteiger partial charge in [0.1, 0.15) is 5.76 Å². The third-order valence-electron chi connectivity index (χ3n) is 3.38. The minimum absolute atomic E-state index is 0.593. The predicted octanol–water partition coefficient (Wildman–Crippen LogP) is 2.49. The number of hydrogen-bond donors (Lipinski definition) is 1. The Morgan fingerprint density at radius 2 is 2.41 bits per heavy atom. The van der Waals surface area contributed by atoms with Crippen LogP contribution in [0.1, 0.15) is 32.4 Å². The molecule has 1 aromatic heterocycles. The third kappa shape index (κ3) is 4.17. The van der Waals surface area contributed by atoms with Crippen LogP contribution in [0.5, 0.6) is 0 Å². The summed E-state index contributed by atoms with van der Waals surface area (Å²) in [5.41, 5.74) is 0. The molecule has 1 saturated heterocycles. The Hall–Kier alpha value is -0.800. The fourth-order valence-corrected chi connectivity index (χ4v) is 2.49. The van der Waals surface area contributed by atoms with E-state index in [1.807, 2.05) is 6.07 Å². The van der Waals surface area contributed by atoms with Gasteiger partial charge in [-0.3, -0.25) is 4.90 Å². The molecule has 0 aliphatic carbocycles. The second kappa shape index (κ2) is 6.22. The first-order valence-corrected chi connectivity index (χ1v) is 6.72. The van der Waals surface area contributed by atoms with Gasteiger partial charge in [-0.15, -0.1) is 0 Å². The Morgan fingerprint density at radius 3 is 3.12 bits per heavy atom. The second-order valence-electron chi connectivity index (χ2n) is 5.39. The van der Waals surface area contributed by atoms with Crippen LogP contribution in [0.15, 0.2) is 22.8 Å². The number of furan rings is 1. The molecule has 0 amide bonds. The maximum atomic E-state index is 5.41. The van der Waals surface area contributed by atoms with E-state index < -0.39 is 0 Å². The van der Waals surface area contributed by atoms with Crippen LogP contribution in [0.3, 0.4) is 0 Å². The fraction of sp³-hybridized carbons (Fsp3) is 0.714. The van der Waals surface area contributed by atoms with Crippen LogP contribution in [0.2, 0.25) is 0 Å². The zero-order valence-electron chi connectivity index (χ0n) is 11.0. The van der Waals surface area contributed by atoms with Crippen LogP contribution < -0.4 is 5.32 Å². The van der Waals surface area contributed by atoms with Gasteiger partial charge in [-0.25, -0.2) is 0 Å². The molecule has 0 saturated carbocycles. The molecule has 1 aliphatic rings. The Kier molecular flexibility index (Phi) is 4.63. The molecule has 1 aromatic rings. The molecule has 0 radical (unpaired) electrons. The standard InChI is InChI=1S/C14H24N2O/c1-12(2)15-9-13-5-3-7-16(10-13)11-14-6-4-8-17-14/h4,6,8,12-13,15H,3,5,7,9-11H2,1-2H3. The first kappa shape index (κ1) is 12.7. The summed E-state index contributed by atoms with van der Waals surface area (Å²) in [7, 11) is 0. The Bertz CT molecular complexity index is 308. The lowest BCUT2D eigenvalue weighted by Gasteiger charge is -2.32. The second-order valence-corrected chi connectivity index (χ2v) is 5.39. The SMILES string of the molecule is CC(C)NCC1CCCN(Cc2ccco2)C1. The molecular formula is C14H24N2O. The van der Waals surface area contributed by atoms with Gasteiger partial charge in [-0.2, -0.15) is 0 Å². The van der Waals surface area contributed by atoms with E-state index in [4.69, 9.17) is 4.42 Å². The molecule has 2 rings (SSSR count). The molecule has 1 aliphatic heterocycles. The van der Waals surface area contributed by atoms with Crippen molar-refractivity contribution < 1.29 is 4.42 Å². The molecule has 1 N–H and O–H groups in total. The summed E-state index contributed by atoms with van der Waals surface area (Å²) in [4.78, 5) is 2.51. The van der Waals surface area contributed by atoms with E-state index in [2.05, 4.69) is 30.1 Å². The lowest BCUT2D eigenvalue weighted by atomic mass is 9.97. The van der Waals surface area contributed by atoms with Crippen molar-refractivity contribution >= 4 is 0 Å². The van der Waals surface area contributed by atoms with Gasteiger partial charge in [-0.05, 0) is 44.0 Å². The first-order chi connectivity index (χ1) is 8.24. The van der Waals surface area contributed by atoms with Crippen molar-refractivity contribution in [3.05, 3.63) is 24.2 Å². The maximum absolute atomic E-state index is 5.41. The molecular weight excluding hydrogens is 212 g/mol. The molecule has 1 unspecified atom stereocenters. The number of piperidine rings is 1. The molecule has 3 heteroatoms. The van der Waals surface area contributed by atoms with Gasteiger partial charge >= 0.3 is 0 Å². The summed E-state index contributed by atoms with van der Waals surface area (Å²) >= 11 is 0. The maximum Gasteiger partial charge on any atom is 0.117 e. The smallest absolute Gasteiger partial charge is 0.117 e. The van der Waals surface area contributed by atoms with E-state index in [-0.39, 0.29) is 0 Å². The lowest BCUT2D eigenvalue weighted by molar-refractivity contribution is 0.154. The van der Waals surface area contributed by atoms with Crippen LogP contribution in [0.4, 0.5) is 0 Å². The molecule has 3 nitrogen and oxygen atoms in total. The van der Waals surface area contributed by atoms with Gasteiger partial charge in [0.05, 0.1) is 12.8 Å². The van der Waals surface area contributed by atoms with Crippen molar-refractivity contribution in [2.75, 3.05) is 19.6 Å². The van der Waals surface area contributed by atoms with Gasteiger partial charge in [0.15, 0.2) is 0 Å². The summed E-state index contributed by atoms with van der Waals surface area (Å²) in [6.45, 7) is 8.93. The number of nitrogens with one attached hydrogen (secondary N) is 1. The van der Waals surface area contributed by atoms with E-state index in [1.54, 1.807) is 6.26 Å². The number of nitrogens with zero attached hydrogens (tertiary/aromatic N) is 1. The Morgan fingerprint density at radius 1 is 1.53 bits per heavy atom. The summed E-state index contributed by atoms with van der Waals surface area (Å²) in [6.07, 6.45) is 4.43. The van der Waals surface area contributed by atoms with Crippen LogP contribution >= 0.6 is 0 Å². The molecule has 1 atom stereocenters. The molecule has 1 fully saturated rings. The van der Waals surface area contributed by atoms with E-state index in [9.17, 15) is 0 Å². The monoisotopic (exact) mass is 236 g/mol. The van der Waals surface area contributed by atoms with Crippen molar-refractivity contribution in [3.63, 3.8) is 0 Å². The highest BCUT2D eigenvalue weighted by Gasteiger charge is 2.20. The summed E-state index contributed by atoms with van der Waals surface area (Å²) in [5.74, 6) is 1.88. The average Bonchev–Trinajstić information content (AvgIpc) is 2.80. The highest BCUT2D eigenvalue weighted by atomic mass is 16.3. The minimum Gasteiger partial charge on any atom is -0.468 e. The first-order valence-electron chi connectivity index (χ1n) is 6.72. The van der Waals surface area contributed by atoms with E-state index >= 15 is 0 Å². The summed E-state index contributed by atoms with van der Waals surface area (Å²) in [6, 6.07) is 4.63. The largest absolute Gasteiger partial charge is 0.468 e. The lowest BCUT2D eigenvalue weighted by Crippen LogP contribution is -2.40. The van der Waals surface area contributed by atoms with Crippen molar-refractivity contribution in [1.82, 2.24) is 10.2 Å². The van der Waals surface area contributed by atoms with Crippen molar-refractivity contribution in [3.8, 4) is 0 Å². The van der Waals surface area contributed by atoms with Gasteiger partial charge in [0.2, 0.25) is 0 Å². The van der Waals surface area contributed by atoms with Crippen molar-refractivity contribution in [1.29, 1.82) is 0 Å². The Labute approximate surface area is 104 Å². The van der Waals surface area contributed by atoms with Gasteiger partial charge < -0.3 is 9.73 Å². The zero-order chi connectivity index (χ0) is 12.1. The molecule has 96 valence electrons. The molecule has 0 aromatic carbocycles. The van der Waals surface area contributed by atoms with E-state index in [0.29, 0.717) is 6.04 Å². The highest BCUT2D eigenvalue weighted by Crippen LogP contribution is 2.18. The van der Waals surface area contributed by atoms with Crippen LogP contribution in [-0.4, -0.2) is 30.6 Å². The topological polar surface area (TPSA) is 28.4 Å². The Balaban J connectivity index is 1.76. The van der Waals surface area contributed by atoms with Crippen LogP contribution in [0.25, 0.3) is 0 Å². The molecule has 2 heterocycles. The molecule has 0 bridgehead atoms. The normalized spacial score (nSPS) is 22.2. The fourth-order valence-electron chi connectivity index (χ4n) is 2.49. The van der Waals surface area contributed by atoms with Gasteiger partial charge in [-0.1, -0.05) is 13.8 Å². The number of hydrogen-bond acceptors (Lipinski definition) is 3. The van der Waals surface area contributed by atoms with Crippen molar-refractivity contribution in [2.24, 2.45) is 5.92 Å². The highest BCUT2D eigenvalue weighted by molar-refractivity contribution is 4.98. The van der Waals surface area contributed by atoms with Gasteiger partial charge in [0.25, 0.3) is 0 Å². The molecule has 0 spiro atoms. The zero-order valence-corrected chi connectivity index (χ0v) is 11.0. The van der Waals surface area contributed by atoms with Crippen molar-refractivity contribution in [2.45, 2.75) is 39.3 Å². The number of likely N-dealkylation sites (tertiary alicyclic amines) is 1. The van der Waals surface area contributed by atoms with E-state index in [0.717, 1.165) is 24.8 Å². The summed E-state index contributed by atoms with van der Waals surface area (Å²) < 4.78 is 5.41. The van der Waals surface area contributed by atoms with E-state index in [1.165, 1.54) is 25.9 Å². The van der Waals surface area contributed by atoms with Gasteiger partial charge in [0, 0.05) is 12.6 Å². The molecule has 17 heavy (non-hydrogen) atoms. The summed E-state index contributed by atoms with van der Waals surface area (Å²) in [5, 5.41) is 3.54. The third-order valence-corrected chi connectivity index (χ3v) is 3.38. The average molecular weight is 236 g/mol. The predicted molar refractivity (Wildman–Crippen MR) is 69.8 cm³/mol. The van der Waals surface area contributed by atoms with Crippen LogP contribution in [-0.2, 0) is 6.54 Å².